The summed E-state index contributed by atoms with van der Waals surface area (Å²) in [6.07, 6.45) is 0. The number of halogens is 2. The minimum atomic E-state index is -0.730. The highest BCUT2D eigenvalue weighted by Crippen LogP contribution is 2.26. The fraction of sp³-hybridized carbons (Fsp3) is 0.0455. The highest BCUT2D eigenvalue weighted by atomic mass is 35.5. The molecule has 0 bridgehead atoms. The van der Waals surface area contributed by atoms with Gasteiger partial charge < -0.3 is 15.1 Å². The molecule has 4 rings (SSSR count). The standard InChI is InChI=1S/C22H16ClFN4O2/c23-16-12-10-15(11-13-16)20-27-28-21(30-20)19(14-6-2-1-3-7-14)26-22(29)25-18-9-5-4-8-17(18)24/h1-13,19H,(H2,25,26,29). The van der Waals surface area contributed by atoms with Crippen LogP contribution in [0.4, 0.5) is 14.9 Å². The lowest BCUT2D eigenvalue weighted by Crippen LogP contribution is -2.33. The maximum absolute atomic E-state index is 13.9. The second-order valence-corrected chi connectivity index (χ2v) is 6.81. The molecule has 0 spiro atoms. The number of urea groups is 1. The Morgan fingerprint density at radius 1 is 0.933 bits per heavy atom. The molecule has 1 unspecified atom stereocenters. The highest BCUT2D eigenvalue weighted by molar-refractivity contribution is 6.30. The van der Waals surface area contributed by atoms with Crippen LogP contribution in [0.25, 0.3) is 11.5 Å². The maximum Gasteiger partial charge on any atom is 0.320 e. The highest BCUT2D eigenvalue weighted by Gasteiger charge is 2.23. The lowest BCUT2D eigenvalue weighted by Gasteiger charge is -2.16. The third kappa shape index (κ3) is 4.47. The fourth-order valence-corrected chi connectivity index (χ4v) is 2.97. The van der Waals surface area contributed by atoms with E-state index in [-0.39, 0.29) is 11.6 Å². The fourth-order valence-electron chi connectivity index (χ4n) is 2.85. The van der Waals surface area contributed by atoms with Crippen LogP contribution in [0.3, 0.4) is 0 Å². The molecule has 1 atom stereocenters. The summed E-state index contributed by atoms with van der Waals surface area (Å²) in [6, 6.07) is 20.7. The van der Waals surface area contributed by atoms with Gasteiger partial charge in [0.25, 0.3) is 0 Å². The molecule has 0 saturated heterocycles. The summed E-state index contributed by atoms with van der Waals surface area (Å²) in [6.45, 7) is 0. The Bertz CT molecular complexity index is 1150. The summed E-state index contributed by atoms with van der Waals surface area (Å²) >= 11 is 5.92. The van der Waals surface area contributed by atoms with Crippen molar-refractivity contribution in [2.45, 2.75) is 6.04 Å². The van der Waals surface area contributed by atoms with Gasteiger partial charge in [0.2, 0.25) is 11.8 Å². The van der Waals surface area contributed by atoms with Gasteiger partial charge in [-0.3, -0.25) is 0 Å². The summed E-state index contributed by atoms with van der Waals surface area (Å²) in [5, 5.41) is 14.0. The molecular weight excluding hydrogens is 407 g/mol. The molecule has 2 amide bonds. The SMILES string of the molecule is O=C(Nc1ccccc1F)NC(c1ccccc1)c1nnc(-c2ccc(Cl)cc2)o1. The predicted octanol–water partition coefficient (Wildman–Crippen LogP) is 5.44. The van der Waals surface area contributed by atoms with E-state index in [0.29, 0.717) is 16.5 Å². The number of para-hydroxylation sites is 1. The van der Waals surface area contributed by atoms with E-state index in [1.54, 1.807) is 36.4 Å². The number of rotatable bonds is 5. The van der Waals surface area contributed by atoms with Crippen LogP contribution in [0.1, 0.15) is 17.5 Å². The summed E-state index contributed by atoms with van der Waals surface area (Å²) in [5.74, 6) is -0.0551. The van der Waals surface area contributed by atoms with Crippen LogP contribution in [0, 0.1) is 5.82 Å². The van der Waals surface area contributed by atoms with E-state index in [1.807, 2.05) is 30.3 Å². The Balaban J connectivity index is 1.60. The molecule has 1 aromatic heterocycles. The van der Waals surface area contributed by atoms with Crippen molar-refractivity contribution in [3.8, 4) is 11.5 Å². The first-order valence-electron chi connectivity index (χ1n) is 9.06. The van der Waals surface area contributed by atoms with E-state index in [9.17, 15) is 9.18 Å². The molecule has 8 heteroatoms. The Kier molecular flexibility index (Phi) is 5.72. The Labute approximate surface area is 176 Å². The van der Waals surface area contributed by atoms with E-state index < -0.39 is 17.9 Å². The molecule has 30 heavy (non-hydrogen) atoms. The predicted molar refractivity (Wildman–Crippen MR) is 112 cm³/mol. The van der Waals surface area contributed by atoms with Crippen LogP contribution in [0.15, 0.2) is 83.3 Å². The average molecular weight is 423 g/mol. The summed E-state index contributed by atoms with van der Waals surface area (Å²) in [4.78, 5) is 12.5. The minimum absolute atomic E-state index is 0.0641. The number of benzene rings is 3. The van der Waals surface area contributed by atoms with Crippen molar-refractivity contribution in [1.82, 2.24) is 15.5 Å². The normalized spacial score (nSPS) is 11.7. The first-order chi connectivity index (χ1) is 14.6. The molecule has 0 radical (unpaired) electrons. The number of anilines is 1. The van der Waals surface area contributed by atoms with Crippen molar-refractivity contribution < 1.29 is 13.6 Å². The van der Waals surface area contributed by atoms with Gasteiger partial charge in [0, 0.05) is 10.6 Å². The van der Waals surface area contributed by atoms with Crippen LogP contribution in [0.5, 0.6) is 0 Å². The van der Waals surface area contributed by atoms with E-state index in [0.717, 1.165) is 5.56 Å². The van der Waals surface area contributed by atoms with Gasteiger partial charge in [-0.15, -0.1) is 10.2 Å². The molecule has 0 fully saturated rings. The summed E-state index contributed by atoms with van der Waals surface area (Å²) < 4.78 is 19.7. The molecule has 4 aromatic rings. The second kappa shape index (κ2) is 8.75. The molecule has 0 aliphatic heterocycles. The van der Waals surface area contributed by atoms with Crippen LogP contribution in [-0.2, 0) is 0 Å². The second-order valence-electron chi connectivity index (χ2n) is 6.37. The monoisotopic (exact) mass is 422 g/mol. The number of nitrogens with zero attached hydrogens (tertiary/aromatic N) is 2. The molecular formula is C22H16ClFN4O2. The molecule has 0 aliphatic rings. The number of hydrogen-bond acceptors (Lipinski definition) is 4. The van der Waals surface area contributed by atoms with Crippen molar-refractivity contribution in [3.05, 3.63) is 101 Å². The topological polar surface area (TPSA) is 80.0 Å². The van der Waals surface area contributed by atoms with E-state index in [1.165, 1.54) is 12.1 Å². The lowest BCUT2D eigenvalue weighted by atomic mass is 10.1. The first-order valence-corrected chi connectivity index (χ1v) is 9.44. The molecule has 1 heterocycles. The largest absolute Gasteiger partial charge is 0.418 e. The number of nitrogens with one attached hydrogen (secondary N) is 2. The third-order valence-electron chi connectivity index (χ3n) is 4.31. The van der Waals surface area contributed by atoms with Crippen LogP contribution in [0.2, 0.25) is 5.02 Å². The van der Waals surface area contributed by atoms with Gasteiger partial charge in [0.15, 0.2) is 0 Å². The van der Waals surface area contributed by atoms with Gasteiger partial charge in [-0.25, -0.2) is 9.18 Å². The van der Waals surface area contributed by atoms with Crippen molar-refractivity contribution in [1.29, 1.82) is 0 Å². The molecule has 0 saturated carbocycles. The van der Waals surface area contributed by atoms with E-state index >= 15 is 0 Å². The minimum Gasteiger partial charge on any atom is -0.418 e. The molecule has 0 aliphatic carbocycles. The van der Waals surface area contributed by atoms with Gasteiger partial charge in [0.05, 0.1) is 5.69 Å². The van der Waals surface area contributed by atoms with Crippen molar-refractivity contribution >= 4 is 23.3 Å². The lowest BCUT2D eigenvalue weighted by molar-refractivity contribution is 0.248. The molecule has 2 N–H and O–H groups in total. The number of carbonyl (C=O) groups excluding carboxylic acids is 1. The Hall–Kier alpha value is -3.71. The van der Waals surface area contributed by atoms with Gasteiger partial charge in [-0.2, -0.15) is 0 Å². The van der Waals surface area contributed by atoms with Gasteiger partial charge >= 0.3 is 6.03 Å². The molecule has 3 aromatic carbocycles. The van der Waals surface area contributed by atoms with Crippen molar-refractivity contribution in [2.24, 2.45) is 0 Å². The zero-order valence-corrected chi connectivity index (χ0v) is 16.3. The van der Waals surface area contributed by atoms with E-state index in [4.69, 9.17) is 16.0 Å². The van der Waals surface area contributed by atoms with Crippen molar-refractivity contribution in [3.63, 3.8) is 0 Å². The number of hydrogen-bond donors (Lipinski definition) is 2. The average Bonchev–Trinajstić information content (AvgIpc) is 3.25. The van der Waals surface area contributed by atoms with Gasteiger partial charge in [-0.1, -0.05) is 54.1 Å². The van der Waals surface area contributed by atoms with Crippen LogP contribution < -0.4 is 10.6 Å². The summed E-state index contributed by atoms with van der Waals surface area (Å²) in [7, 11) is 0. The molecule has 6 nitrogen and oxygen atoms in total. The number of carbonyl (C=O) groups is 1. The summed E-state index contributed by atoms with van der Waals surface area (Å²) in [5.41, 5.74) is 1.49. The van der Waals surface area contributed by atoms with Gasteiger partial charge in [0.1, 0.15) is 11.9 Å². The Morgan fingerprint density at radius 2 is 1.63 bits per heavy atom. The first kappa shape index (κ1) is 19.6. The van der Waals surface area contributed by atoms with Gasteiger partial charge in [-0.05, 0) is 42.0 Å². The Morgan fingerprint density at radius 3 is 2.37 bits per heavy atom. The van der Waals surface area contributed by atoms with E-state index in [2.05, 4.69) is 20.8 Å². The van der Waals surface area contributed by atoms with Crippen LogP contribution in [-0.4, -0.2) is 16.2 Å². The zero-order valence-electron chi connectivity index (χ0n) is 15.5. The quantitative estimate of drug-likeness (QED) is 0.448. The molecule has 150 valence electrons. The number of aromatic nitrogens is 2. The number of amides is 2. The maximum atomic E-state index is 13.9. The van der Waals surface area contributed by atoms with Crippen LogP contribution >= 0.6 is 11.6 Å². The zero-order chi connectivity index (χ0) is 20.9. The van der Waals surface area contributed by atoms with Crippen molar-refractivity contribution in [2.75, 3.05) is 5.32 Å². The third-order valence-corrected chi connectivity index (χ3v) is 4.56. The smallest absolute Gasteiger partial charge is 0.320 e.